The van der Waals surface area contributed by atoms with Crippen LogP contribution in [0, 0.1) is 5.82 Å². The maximum absolute atomic E-state index is 13.7. The Morgan fingerprint density at radius 1 is 1.25 bits per heavy atom. The normalized spacial score (nSPS) is 16.0. The largest absolute Gasteiger partial charge is 0.463 e. The minimum atomic E-state index is -0.743. The van der Waals surface area contributed by atoms with Crippen LogP contribution in [0.1, 0.15) is 31.0 Å². The molecular formula is C23H17Cl2FN2O3S. The van der Waals surface area contributed by atoms with Gasteiger partial charge in [0.1, 0.15) is 5.82 Å². The van der Waals surface area contributed by atoms with E-state index in [1.165, 1.54) is 28.8 Å². The summed E-state index contributed by atoms with van der Waals surface area (Å²) in [7, 11) is 0. The first kappa shape index (κ1) is 22.5. The molecule has 0 radical (unpaired) electrons. The van der Waals surface area contributed by atoms with Gasteiger partial charge in [0, 0.05) is 10.0 Å². The van der Waals surface area contributed by atoms with E-state index in [2.05, 4.69) is 4.99 Å². The molecule has 0 amide bonds. The van der Waals surface area contributed by atoms with Gasteiger partial charge in [-0.25, -0.2) is 14.2 Å². The van der Waals surface area contributed by atoms with Gasteiger partial charge in [-0.15, -0.1) is 0 Å². The summed E-state index contributed by atoms with van der Waals surface area (Å²) in [5, 5.41) is 0.843. The van der Waals surface area contributed by atoms with Gasteiger partial charge < -0.3 is 4.74 Å². The Labute approximate surface area is 196 Å². The highest BCUT2D eigenvalue weighted by atomic mass is 35.5. The molecule has 164 valence electrons. The Morgan fingerprint density at radius 3 is 2.66 bits per heavy atom. The summed E-state index contributed by atoms with van der Waals surface area (Å²) < 4.78 is 20.7. The number of halogens is 3. The number of aromatic nitrogens is 1. The number of fused-ring (bicyclic) bond motifs is 1. The van der Waals surface area contributed by atoms with Crippen LogP contribution >= 0.6 is 34.5 Å². The molecule has 1 aromatic heterocycles. The molecule has 0 aliphatic carbocycles. The highest BCUT2D eigenvalue weighted by Crippen LogP contribution is 2.31. The van der Waals surface area contributed by atoms with E-state index in [4.69, 9.17) is 27.9 Å². The highest BCUT2D eigenvalue weighted by Gasteiger charge is 2.33. The zero-order valence-corrected chi connectivity index (χ0v) is 19.4. The minimum absolute atomic E-state index is 0.186. The predicted octanol–water partition coefficient (Wildman–Crippen LogP) is 4.24. The number of esters is 1. The summed E-state index contributed by atoms with van der Waals surface area (Å²) >= 11 is 13.4. The summed E-state index contributed by atoms with van der Waals surface area (Å²) in [6, 6.07) is 10.1. The fourth-order valence-corrected chi connectivity index (χ4v) is 4.85. The Kier molecular flexibility index (Phi) is 6.33. The Balaban J connectivity index is 1.97. The van der Waals surface area contributed by atoms with Crippen molar-refractivity contribution in [1.29, 1.82) is 0 Å². The molecule has 0 spiro atoms. The number of rotatable bonds is 4. The van der Waals surface area contributed by atoms with Crippen molar-refractivity contribution in [3.8, 4) is 0 Å². The van der Waals surface area contributed by atoms with Gasteiger partial charge in [-0.2, -0.15) is 0 Å². The minimum Gasteiger partial charge on any atom is -0.463 e. The van der Waals surface area contributed by atoms with Crippen LogP contribution in [-0.2, 0) is 9.53 Å². The average molecular weight is 491 g/mol. The first-order valence-electron chi connectivity index (χ1n) is 9.70. The van der Waals surface area contributed by atoms with Gasteiger partial charge in [0.05, 0.1) is 28.5 Å². The number of hydrogen-bond donors (Lipinski definition) is 0. The first-order valence-corrected chi connectivity index (χ1v) is 11.3. The van der Waals surface area contributed by atoms with E-state index >= 15 is 0 Å². The number of benzene rings is 2. The van der Waals surface area contributed by atoms with E-state index in [0.29, 0.717) is 36.2 Å². The molecule has 0 N–H and O–H groups in total. The van der Waals surface area contributed by atoms with Gasteiger partial charge in [-0.05, 0) is 61.4 Å². The number of hydrogen-bond acceptors (Lipinski definition) is 5. The van der Waals surface area contributed by atoms with E-state index in [0.717, 1.165) is 11.3 Å². The molecule has 0 saturated heterocycles. The van der Waals surface area contributed by atoms with Gasteiger partial charge in [-0.1, -0.05) is 46.7 Å². The molecule has 2 aromatic carbocycles. The zero-order chi connectivity index (χ0) is 23.0. The van der Waals surface area contributed by atoms with Crippen molar-refractivity contribution in [3.05, 3.63) is 100 Å². The monoisotopic (exact) mass is 490 g/mol. The average Bonchev–Trinajstić information content (AvgIpc) is 3.05. The van der Waals surface area contributed by atoms with Crippen LogP contribution in [-0.4, -0.2) is 17.1 Å². The van der Waals surface area contributed by atoms with Gasteiger partial charge in [-0.3, -0.25) is 9.36 Å². The number of thiazole rings is 1. The first-order chi connectivity index (χ1) is 15.3. The second kappa shape index (κ2) is 9.02. The van der Waals surface area contributed by atoms with Crippen molar-refractivity contribution in [3.63, 3.8) is 0 Å². The molecule has 1 aliphatic rings. The van der Waals surface area contributed by atoms with Crippen LogP contribution in [0.15, 0.2) is 63.5 Å². The summed E-state index contributed by atoms with van der Waals surface area (Å²) in [5.74, 6) is -1.01. The lowest BCUT2D eigenvalue weighted by molar-refractivity contribution is -0.139. The molecule has 9 heteroatoms. The Bertz CT molecular complexity index is 1420. The fraction of sp³-hybridized carbons (Fsp3) is 0.174. The molecule has 1 unspecified atom stereocenters. The fourth-order valence-electron chi connectivity index (χ4n) is 3.52. The van der Waals surface area contributed by atoms with Crippen LogP contribution in [0.3, 0.4) is 0 Å². The number of ether oxygens (including phenoxy) is 1. The van der Waals surface area contributed by atoms with E-state index in [1.54, 1.807) is 38.1 Å². The predicted molar refractivity (Wildman–Crippen MR) is 123 cm³/mol. The molecule has 0 bridgehead atoms. The molecule has 0 saturated carbocycles. The Morgan fingerprint density at radius 2 is 1.97 bits per heavy atom. The SMILES string of the molecule is CCOC(=O)C1=C(C)N=c2s/c(=C/c3cc(F)ccc3Cl)c(=O)n2C1c1ccc(Cl)cc1. The van der Waals surface area contributed by atoms with Gasteiger partial charge >= 0.3 is 5.97 Å². The van der Waals surface area contributed by atoms with Gasteiger partial charge in [0.2, 0.25) is 0 Å². The Hall–Kier alpha value is -2.74. The third-order valence-corrected chi connectivity index (χ3v) is 6.53. The summed E-state index contributed by atoms with van der Waals surface area (Å²) in [6.07, 6.45) is 1.53. The maximum atomic E-state index is 13.7. The molecule has 32 heavy (non-hydrogen) atoms. The second-order valence-electron chi connectivity index (χ2n) is 7.02. The molecule has 4 rings (SSSR count). The third-order valence-electron chi connectivity index (χ3n) is 4.95. The van der Waals surface area contributed by atoms with Gasteiger partial charge in [0.15, 0.2) is 4.80 Å². The van der Waals surface area contributed by atoms with Crippen molar-refractivity contribution >= 4 is 46.6 Å². The molecular weight excluding hydrogens is 474 g/mol. The van der Waals surface area contributed by atoms with Crippen molar-refractivity contribution in [2.45, 2.75) is 19.9 Å². The van der Waals surface area contributed by atoms with Crippen molar-refractivity contribution in [2.24, 2.45) is 4.99 Å². The molecule has 1 atom stereocenters. The van der Waals surface area contributed by atoms with Gasteiger partial charge in [0.25, 0.3) is 5.56 Å². The van der Waals surface area contributed by atoms with Crippen LogP contribution in [0.5, 0.6) is 0 Å². The third kappa shape index (κ3) is 4.16. The molecule has 1 aliphatic heterocycles. The highest BCUT2D eigenvalue weighted by molar-refractivity contribution is 7.07. The molecule has 3 aromatic rings. The zero-order valence-electron chi connectivity index (χ0n) is 17.1. The number of carbonyl (C=O) groups is 1. The molecule has 5 nitrogen and oxygen atoms in total. The van der Waals surface area contributed by atoms with E-state index < -0.39 is 17.8 Å². The topological polar surface area (TPSA) is 60.7 Å². The number of nitrogens with zero attached hydrogens (tertiary/aromatic N) is 2. The number of allylic oxidation sites excluding steroid dienone is 1. The van der Waals surface area contributed by atoms with E-state index in [9.17, 15) is 14.0 Å². The number of carbonyl (C=O) groups excluding carboxylic acids is 1. The summed E-state index contributed by atoms with van der Waals surface area (Å²) in [6.45, 7) is 3.60. The van der Waals surface area contributed by atoms with Crippen LogP contribution < -0.4 is 14.9 Å². The van der Waals surface area contributed by atoms with Crippen LogP contribution in [0.2, 0.25) is 10.0 Å². The summed E-state index contributed by atoms with van der Waals surface area (Å²) in [5.41, 5.74) is 1.42. The second-order valence-corrected chi connectivity index (χ2v) is 8.87. The standard InChI is InChI=1S/C23H17Cl2FN2O3S/c1-3-31-22(30)19-12(2)27-23-28(20(19)13-4-6-15(24)7-5-13)21(29)18(32-23)11-14-10-16(26)8-9-17(14)25/h4-11,20H,3H2,1-2H3/b18-11+. The molecule has 2 heterocycles. The van der Waals surface area contributed by atoms with Crippen molar-refractivity contribution < 1.29 is 13.9 Å². The molecule has 0 fully saturated rings. The van der Waals surface area contributed by atoms with Crippen molar-refractivity contribution in [2.75, 3.05) is 6.61 Å². The van der Waals surface area contributed by atoms with E-state index in [-0.39, 0.29) is 17.7 Å². The van der Waals surface area contributed by atoms with E-state index in [1.807, 2.05) is 0 Å². The summed E-state index contributed by atoms with van der Waals surface area (Å²) in [4.78, 5) is 31.2. The van der Waals surface area contributed by atoms with Crippen LogP contribution in [0.4, 0.5) is 4.39 Å². The lowest BCUT2D eigenvalue weighted by Gasteiger charge is -2.24. The van der Waals surface area contributed by atoms with Crippen LogP contribution in [0.25, 0.3) is 6.08 Å². The lowest BCUT2D eigenvalue weighted by atomic mass is 9.96. The quantitative estimate of drug-likeness (QED) is 0.513. The van der Waals surface area contributed by atoms with Crippen molar-refractivity contribution in [1.82, 2.24) is 4.57 Å². The lowest BCUT2D eigenvalue weighted by Crippen LogP contribution is -2.39. The smallest absolute Gasteiger partial charge is 0.338 e. The maximum Gasteiger partial charge on any atom is 0.338 e.